The van der Waals surface area contributed by atoms with Crippen molar-refractivity contribution in [2.24, 2.45) is 0 Å². The van der Waals surface area contributed by atoms with E-state index in [1.54, 1.807) is 7.11 Å². The van der Waals surface area contributed by atoms with Gasteiger partial charge in [-0.3, -0.25) is 4.79 Å². The zero-order chi connectivity index (χ0) is 13.4. The molecule has 0 saturated heterocycles. The van der Waals surface area contributed by atoms with Crippen molar-refractivity contribution in [2.75, 3.05) is 20.3 Å². The van der Waals surface area contributed by atoms with E-state index < -0.39 is 0 Å². The number of rotatable bonds is 6. The maximum atomic E-state index is 11.6. The van der Waals surface area contributed by atoms with E-state index in [4.69, 9.17) is 9.84 Å². The first-order valence-corrected chi connectivity index (χ1v) is 5.89. The topological polar surface area (TPSA) is 58.6 Å². The van der Waals surface area contributed by atoms with Gasteiger partial charge in [0.05, 0.1) is 7.11 Å². The van der Waals surface area contributed by atoms with E-state index in [0.717, 1.165) is 16.9 Å². The van der Waals surface area contributed by atoms with Crippen LogP contribution in [0.1, 0.15) is 18.9 Å². The second-order valence-corrected chi connectivity index (χ2v) is 3.90. The Morgan fingerprint density at radius 3 is 2.83 bits per heavy atom. The lowest BCUT2D eigenvalue weighted by Crippen LogP contribution is -2.23. The van der Waals surface area contributed by atoms with Crippen LogP contribution >= 0.6 is 0 Å². The molecule has 98 valence electrons. The number of benzene rings is 1. The van der Waals surface area contributed by atoms with Gasteiger partial charge in [0.2, 0.25) is 5.91 Å². The number of hydrogen-bond donors (Lipinski definition) is 2. The molecular formula is C14H19NO3. The van der Waals surface area contributed by atoms with Crippen LogP contribution in [0.2, 0.25) is 0 Å². The van der Waals surface area contributed by atoms with Crippen LogP contribution in [0, 0.1) is 0 Å². The predicted octanol–water partition coefficient (Wildman–Crippen LogP) is 1.60. The van der Waals surface area contributed by atoms with E-state index in [1.165, 1.54) is 6.08 Å². The molecule has 18 heavy (non-hydrogen) atoms. The summed E-state index contributed by atoms with van der Waals surface area (Å²) in [5, 5.41) is 11.3. The zero-order valence-electron chi connectivity index (χ0n) is 10.8. The van der Waals surface area contributed by atoms with Crippen LogP contribution in [0.15, 0.2) is 30.3 Å². The molecule has 1 aromatic rings. The summed E-state index contributed by atoms with van der Waals surface area (Å²) in [5.41, 5.74) is 1.74. The molecule has 4 heteroatoms. The minimum Gasteiger partial charge on any atom is -0.496 e. The molecular weight excluding hydrogens is 230 g/mol. The Morgan fingerprint density at radius 2 is 2.17 bits per heavy atom. The van der Waals surface area contributed by atoms with Gasteiger partial charge in [-0.1, -0.05) is 18.2 Å². The number of para-hydroxylation sites is 1. The molecule has 0 aliphatic carbocycles. The van der Waals surface area contributed by atoms with Gasteiger partial charge >= 0.3 is 0 Å². The highest BCUT2D eigenvalue weighted by Crippen LogP contribution is 2.24. The highest BCUT2D eigenvalue weighted by Gasteiger charge is 2.05. The molecule has 0 atom stereocenters. The van der Waals surface area contributed by atoms with Gasteiger partial charge in [0, 0.05) is 24.8 Å². The molecule has 1 aromatic carbocycles. The number of amides is 1. The highest BCUT2D eigenvalue weighted by atomic mass is 16.5. The van der Waals surface area contributed by atoms with Gasteiger partial charge in [-0.2, -0.15) is 0 Å². The molecule has 0 bridgehead atoms. The summed E-state index contributed by atoms with van der Waals surface area (Å²) in [6.45, 7) is 2.42. The summed E-state index contributed by atoms with van der Waals surface area (Å²) in [6.07, 6.45) is 2.10. The zero-order valence-corrected chi connectivity index (χ0v) is 10.8. The van der Waals surface area contributed by atoms with Gasteiger partial charge in [0.15, 0.2) is 0 Å². The maximum Gasteiger partial charge on any atom is 0.244 e. The van der Waals surface area contributed by atoms with Crippen molar-refractivity contribution in [1.29, 1.82) is 0 Å². The van der Waals surface area contributed by atoms with Gasteiger partial charge in [-0.05, 0) is 25.0 Å². The molecule has 0 aliphatic heterocycles. The molecule has 0 fully saturated rings. The van der Waals surface area contributed by atoms with Crippen LogP contribution in [-0.4, -0.2) is 31.3 Å². The maximum absolute atomic E-state index is 11.6. The molecule has 0 unspecified atom stereocenters. The van der Waals surface area contributed by atoms with Gasteiger partial charge in [0.25, 0.3) is 0 Å². The number of nitrogens with one attached hydrogen (secondary N) is 1. The molecule has 1 amide bonds. The molecule has 0 radical (unpaired) electrons. The summed E-state index contributed by atoms with van der Waals surface area (Å²) in [4.78, 5) is 11.6. The van der Waals surface area contributed by atoms with Crippen molar-refractivity contribution in [2.45, 2.75) is 13.3 Å². The van der Waals surface area contributed by atoms with Crippen LogP contribution in [0.5, 0.6) is 5.75 Å². The summed E-state index contributed by atoms with van der Waals surface area (Å²) in [6, 6.07) is 7.55. The second kappa shape index (κ2) is 7.50. The number of hydrogen-bond acceptors (Lipinski definition) is 3. The molecule has 0 aromatic heterocycles. The fourth-order valence-corrected chi connectivity index (χ4v) is 1.59. The Hall–Kier alpha value is -1.81. The van der Waals surface area contributed by atoms with Gasteiger partial charge in [0.1, 0.15) is 5.75 Å². The van der Waals surface area contributed by atoms with E-state index in [1.807, 2.05) is 31.2 Å². The first-order valence-electron chi connectivity index (χ1n) is 5.89. The number of aliphatic hydroxyl groups is 1. The lowest BCUT2D eigenvalue weighted by Gasteiger charge is -2.08. The Balaban J connectivity index is 2.73. The van der Waals surface area contributed by atoms with Crippen molar-refractivity contribution >= 4 is 11.5 Å². The fourth-order valence-electron chi connectivity index (χ4n) is 1.59. The number of ether oxygens (including phenoxy) is 1. The second-order valence-electron chi connectivity index (χ2n) is 3.90. The standard InChI is InChI=1S/C14H19NO3/c1-11(10-14(17)15-8-5-9-16)12-6-3-4-7-13(12)18-2/h3-4,6-7,10,16H,5,8-9H2,1-2H3,(H,15,17)/b11-10+. The lowest BCUT2D eigenvalue weighted by molar-refractivity contribution is -0.116. The normalized spacial score (nSPS) is 11.2. The smallest absolute Gasteiger partial charge is 0.244 e. The van der Waals surface area contributed by atoms with Crippen LogP contribution in [0.3, 0.4) is 0 Å². The van der Waals surface area contributed by atoms with Crippen LogP contribution in [-0.2, 0) is 4.79 Å². The number of carbonyl (C=O) groups excluding carboxylic acids is 1. The third-order valence-corrected chi connectivity index (χ3v) is 2.51. The Morgan fingerprint density at radius 1 is 1.44 bits per heavy atom. The number of methoxy groups -OCH3 is 1. The van der Waals surface area contributed by atoms with Crippen molar-refractivity contribution in [1.82, 2.24) is 5.32 Å². The molecule has 1 rings (SSSR count). The molecule has 4 nitrogen and oxygen atoms in total. The third kappa shape index (κ3) is 4.22. The van der Waals surface area contributed by atoms with E-state index in [2.05, 4.69) is 5.32 Å². The summed E-state index contributed by atoms with van der Waals surface area (Å²) in [7, 11) is 1.60. The number of aliphatic hydroxyl groups excluding tert-OH is 1. The number of allylic oxidation sites excluding steroid dienone is 1. The van der Waals surface area contributed by atoms with Crippen LogP contribution in [0.25, 0.3) is 5.57 Å². The van der Waals surface area contributed by atoms with E-state index in [9.17, 15) is 4.79 Å². The van der Waals surface area contributed by atoms with Gasteiger partial charge in [-0.15, -0.1) is 0 Å². The average Bonchev–Trinajstić information content (AvgIpc) is 2.39. The first-order chi connectivity index (χ1) is 8.69. The SMILES string of the molecule is COc1ccccc1/C(C)=C/C(=O)NCCCO. The summed E-state index contributed by atoms with van der Waals surface area (Å²) >= 11 is 0. The van der Waals surface area contributed by atoms with E-state index in [-0.39, 0.29) is 12.5 Å². The Bertz CT molecular complexity index is 427. The minimum absolute atomic E-state index is 0.0789. The molecule has 0 saturated carbocycles. The van der Waals surface area contributed by atoms with Gasteiger partial charge in [-0.25, -0.2) is 0 Å². The third-order valence-electron chi connectivity index (χ3n) is 2.51. The van der Waals surface area contributed by atoms with E-state index in [0.29, 0.717) is 13.0 Å². The fraction of sp³-hybridized carbons (Fsp3) is 0.357. The average molecular weight is 249 g/mol. The minimum atomic E-state index is -0.160. The predicted molar refractivity (Wildman–Crippen MR) is 71.4 cm³/mol. The summed E-state index contributed by atoms with van der Waals surface area (Å²) < 4.78 is 5.24. The van der Waals surface area contributed by atoms with Crippen LogP contribution < -0.4 is 10.1 Å². The van der Waals surface area contributed by atoms with Crippen molar-refractivity contribution in [3.63, 3.8) is 0 Å². The van der Waals surface area contributed by atoms with Crippen molar-refractivity contribution < 1.29 is 14.6 Å². The molecule has 0 heterocycles. The monoisotopic (exact) mass is 249 g/mol. The van der Waals surface area contributed by atoms with Crippen LogP contribution in [0.4, 0.5) is 0 Å². The largest absolute Gasteiger partial charge is 0.496 e. The number of carbonyl (C=O) groups is 1. The molecule has 0 aliphatic rings. The Labute approximate surface area is 107 Å². The van der Waals surface area contributed by atoms with Gasteiger partial charge < -0.3 is 15.2 Å². The van der Waals surface area contributed by atoms with Crippen molar-refractivity contribution in [3.05, 3.63) is 35.9 Å². The lowest BCUT2D eigenvalue weighted by atomic mass is 10.1. The highest BCUT2D eigenvalue weighted by molar-refractivity contribution is 5.95. The first kappa shape index (κ1) is 14.3. The summed E-state index contributed by atoms with van der Waals surface area (Å²) in [5.74, 6) is 0.585. The Kier molecular flexibility index (Phi) is 5.94. The van der Waals surface area contributed by atoms with E-state index >= 15 is 0 Å². The molecule has 2 N–H and O–H groups in total. The molecule has 0 spiro atoms. The van der Waals surface area contributed by atoms with Crippen molar-refractivity contribution in [3.8, 4) is 5.75 Å². The quantitative estimate of drug-likeness (QED) is 0.594.